The predicted octanol–water partition coefficient (Wildman–Crippen LogP) is 2.68. The van der Waals surface area contributed by atoms with Gasteiger partial charge in [0, 0.05) is 18.9 Å². The first-order valence-electron chi connectivity index (χ1n) is 5.09. The van der Waals surface area contributed by atoms with E-state index in [0.29, 0.717) is 0 Å². The molecule has 1 aromatic rings. The summed E-state index contributed by atoms with van der Waals surface area (Å²) in [5, 5.41) is 3.42. The smallest absolute Gasteiger partial charge is 0.0526 e. The maximum absolute atomic E-state index is 4.07. The molecule has 1 aliphatic rings. The predicted molar refractivity (Wildman–Crippen MR) is 54.7 cm³/mol. The van der Waals surface area contributed by atoms with Crippen molar-refractivity contribution in [3.63, 3.8) is 0 Å². The van der Waals surface area contributed by atoms with Crippen molar-refractivity contribution in [2.24, 2.45) is 5.92 Å². The minimum absolute atomic E-state index is 0.889. The van der Waals surface area contributed by atoms with Crippen LogP contribution >= 0.6 is 0 Å². The minimum atomic E-state index is 0.889. The summed E-state index contributed by atoms with van der Waals surface area (Å²) in [7, 11) is 0. The number of aromatic nitrogens is 1. The summed E-state index contributed by atoms with van der Waals surface area (Å²) in [5.41, 5.74) is 1.15. The third-order valence-electron chi connectivity index (χ3n) is 2.73. The highest BCUT2D eigenvalue weighted by Crippen LogP contribution is 2.24. The van der Waals surface area contributed by atoms with E-state index < -0.39 is 0 Å². The Morgan fingerprint density at radius 2 is 2.23 bits per heavy atom. The average Bonchev–Trinajstić information content (AvgIpc) is 2.69. The number of nitrogens with one attached hydrogen (secondary N) is 1. The first-order valence-corrected chi connectivity index (χ1v) is 5.09. The second-order valence-electron chi connectivity index (χ2n) is 3.77. The van der Waals surface area contributed by atoms with Crippen molar-refractivity contribution < 1.29 is 0 Å². The summed E-state index contributed by atoms with van der Waals surface area (Å²) in [6.07, 6.45) is 9.31. The summed E-state index contributed by atoms with van der Waals surface area (Å²) < 4.78 is 0. The van der Waals surface area contributed by atoms with Crippen LogP contribution in [0.15, 0.2) is 24.5 Å². The third-order valence-corrected chi connectivity index (χ3v) is 2.73. The van der Waals surface area contributed by atoms with Crippen molar-refractivity contribution in [3.8, 4) is 0 Å². The molecule has 1 aromatic heterocycles. The normalized spacial score (nSPS) is 17.5. The van der Waals surface area contributed by atoms with Gasteiger partial charge in [-0.2, -0.15) is 0 Å². The Morgan fingerprint density at radius 3 is 2.92 bits per heavy atom. The average molecular weight is 176 g/mol. The van der Waals surface area contributed by atoms with Gasteiger partial charge >= 0.3 is 0 Å². The number of hydrogen-bond acceptors (Lipinski definition) is 2. The molecule has 0 bridgehead atoms. The van der Waals surface area contributed by atoms with Crippen LogP contribution in [0, 0.1) is 5.92 Å². The lowest BCUT2D eigenvalue weighted by atomic mass is 10.1. The fourth-order valence-corrected chi connectivity index (χ4v) is 1.94. The highest BCUT2D eigenvalue weighted by atomic mass is 14.9. The second-order valence-corrected chi connectivity index (χ2v) is 3.77. The lowest BCUT2D eigenvalue weighted by Crippen LogP contribution is -2.10. The Labute approximate surface area is 79.4 Å². The lowest BCUT2D eigenvalue weighted by molar-refractivity contribution is 0.580. The van der Waals surface area contributed by atoms with E-state index >= 15 is 0 Å². The Bertz CT molecular complexity index is 240. The molecule has 0 amide bonds. The molecular weight excluding hydrogens is 160 g/mol. The zero-order valence-corrected chi connectivity index (χ0v) is 7.87. The van der Waals surface area contributed by atoms with Gasteiger partial charge in [0.1, 0.15) is 0 Å². The minimum Gasteiger partial charge on any atom is -0.384 e. The number of nitrogens with zero attached hydrogens (tertiary/aromatic N) is 1. The molecule has 1 saturated carbocycles. The molecule has 70 valence electrons. The van der Waals surface area contributed by atoms with Gasteiger partial charge in [0.05, 0.1) is 5.69 Å². The number of anilines is 1. The molecule has 0 aliphatic heterocycles. The monoisotopic (exact) mass is 176 g/mol. The van der Waals surface area contributed by atoms with Gasteiger partial charge < -0.3 is 5.32 Å². The van der Waals surface area contributed by atoms with Crippen molar-refractivity contribution in [2.75, 3.05) is 11.9 Å². The standard InChI is InChI=1S/C11H16N2/c1-2-5-10(4-1)8-13-11-6-3-7-12-9-11/h3,6-7,9-10,13H,1-2,4-5,8H2. The molecule has 1 aliphatic carbocycles. The number of rotatable bonds is 3. The maximum atomic E-state index is 4.07. The molecule has 0 spiro atoms. The number of pyridine rings is 1. The molecule has 0 saturated heterocycles. The molecule has 2 rings (SSSR count). The topological polar surface area (TPSA) is 24.9 Å². The van der Waals surface area contributed by atoms with E-state index in [9.17, 15) is 0 Å². The molecule has 0 radical (unpaired) electrons. The molecular formula is C11H16N2. The Morgan fingerprint density at radius 1 is 1.38 bits per heavy atom. The Balaban J connectivity index is 1.79. The van der Waals surface area contributed by atoms with E-state index in [2.05, 4.69) is 16.4 Å². The summed E-state index contributed by atoms with van der Waals surface area (Å²) in [6, 6.07) is 4.04. The van der Waals surface area contributed by atoms with Gasteiger partial charge in [-0.1, -0.05) is 12.8 Å². The van der Waals surface area contributed by atoms with Gasteiger partial charge in [-0.05, 0) is 30.9 Å². The highest BCUT2D eigenvalue weighted by Gasteiger charge is 2.13. The van der Waals surface area contributed by atoms with Crippen molar-refractivity contribution >= 4 is 5.69 Å². The number of hydrogen-bond donors (Lipinski definition) is 1. The fourth-order valence-electron chi connectivity index (χ4n) is 1.94. The van der Waals surface area contributed by atoms with Gasteiger partial charge in [-0.3, -0.25) is 4.98 Å². The van der Waals surface area contributed by atoms with E-state index in [-0.39, 0.29) is 0 Å². The van der Waals surface area contributed by atoms with Crippen LogP contribution in [-0.4, -0.2) is 11.5 Å². The summed E-state index contributed by atoms with van der Waals surface area (Å²) >= 11 is 0. The van der Waals surface area contributed by atoms with E-state index in [4.69, 9.17) is 0 Å². The summed E-state index contributed by atoms with van der Waals surface area (Å²) in [5.74, 6) is 0.889. The van der Waals surface area contributed by atoms with Crippen LogP contribution in [0.2, 0.25) is 0 Å². The lowest BCUT2D eigenvalue weighted by Gasteiger charge is -2.10. The van der Waals surface area contributed by atoms with Crippen LogP contribution in [0.4, 0.5) is 5.69 Å². The molecule has 0 aromatic carbocycles. The van der Waals surface area contributed by atoms with E-state index in [1.165, 1.54) is 25.7 Å². The first kappa shape index (κ1) is 8.54. The van der Waals surface area contributed by atoms with Gasteiger partial charge in [0.25, 0.3) is 0 Å². The molecule has 2 nitrogen and oxygen atoms in total. The first-order chi connectivity index (χ1) is 6.45. The van der Waals surface area contributed by atoms with Gasteiger partial charge in [0.15, 0.2) is 0 Å². The molecule has 0 unspecified atom stereocenters. The Hall–Kier alpha value is -1.05. The van der Waals surface area contributed by atoms with Gasteiger partial charge in [0.2, 0.25) is 0 Å². The molecule has 0 atom stereocenters. The van der Waals surface area contributed by atoms with E-state index in [1.54, 1.807) is 6.20 Å². The van der Waals surface area contributed by atoms with Crippen LogP contribution in [-0.2, 0) is 0 Å². The second kappa shape index (κ2) is 4.26. The van der Waals surface area contributed by atoms with Crippen molar-refractivity contribution in [3.05, 3.63) is 24.5 Å². The Kier molecular flexibility index (Phi) is 2.80. The van der Waals surface area contributed by atoms with Crippen molar-refractivity contribution in [1.82, 2.24) is 4.98 Å². The van der Waals surface area contributed by atoms with Crippen LogP contribution in [0.5, 0.6) is 0 Å². The van der Waals surface area contributed by atoms with Gasteiger partial charge in [-0.15, -0.1) is 0 Å². The van der Waals surface area contributed by atoms with E-state index in [1.807, 2.05) is 12.3 Å². The summed E-state index contributed by atoms with van der Waals surface area (Å²) in [4.78, 5) is 4.07. The zero-order valence-electron chi connectivity index (χ0n) is 7.87. The largest absolute Gasteiger partial charge is 0.384 e. The molecule has 1 fully saturated rings. The maximum Gasteiger partial charge on any atom is 0.0526 e. The molecule has 2 heteroatoms. The molecule has 13 heavy (non-hydrogen) atoms. The molecule has 1 heterocycles. The fraction of sp³-hybridized carbons (Fsp3) is 0.545. The van der Waals surface area contributed by atoms with Crippen molar-refractivity contribution in [1.29, 1.82) is 0 Å². The quantitative estimate of drug-likeness (QED) is 0.766. The van der Waals surface area contributed by atoms with E-state index in [0.717, 1.165) is 18.2 Å². The summed E-state index contributed by atoms with van der Waals surface area (Å²) in [6.45, 7) is 1.12. The van der Waals surface area contributed by atoms with Crippen LogP contribution in [0.25, 0.3) is 0 Å². The third kappa shape index (κ3) is 2.44. The molecule has 1 N–H and O–H groups in total. The van der Waals surface area contributed by atoms with Gasteiger partial charge in [-0.25, -0.2) is 0 Å². The highest BCUT2D eigenvalue weighted by molar-refractivity contribution is 5.39. The van der Waals surface area contributed by atoms with Crippen LogP contribution < -0.4 is 5.32 Å². The zero-order chi connectivity index (χ0) is 8.93. The van der Waals surface area contributed by atoms with Crippen LogP contribution in [0.3, 0.4) is 0 Å². The van der Waals surface area contributed by atoms with Crippen LogP contribution in [0.1, 0.15) is 25.7 Å². The van der Waals surface area contributed by atoms with Crippen molar-refractivity contribution in [2.45, 2.75) is 25.7 Å². The SMILES string of the molecule is c1cncc(NCC2CCCC2)c1.